The lowest BCUT2D eigenvalue weighted by atomic mass is 9.78. The molecule has 2 aliphatic rings. The number of rotatable bonds is 3. The van der Waals surface area contributed by atoms with Gasteiger partial charge in [0, 0.05) is 24.5 Å². The van der Waals surface area contributed by atoms with Gasteiger partial charge in [-0.1, -0.05) is 30.3 Å². The molecule has 26 heavy (non-hydrogen) atoms. The van der Waals surface area contributed by atoms with Gasteiger partial charge in [-0.3, -0.25) is 4.79 Å². The van der Waals surface area contributed by atoms with E-state index in [4.69, 9.17) is 4.74 Å². The van der Waals surface area contributed by atoms with E-state index >= 15 is 0 Å². The average Bonchev–Trinajstić information content (AvgIpc) is 3.30. The first-order chi connectivity index (χ1) is 12.2. The molecule has 6 heteroatoms. The summed E-state index contributed by atoms with van der Waals surface area (Å²) in [6.45, 7) is 3.92. The van der Waals surface area contributed by atoms with E-state index < -0.39 is 0 Å². The van der Waals surface area contributed by atoms with Gasteiger partial charge in [-0.15, -0.1) is 23.7 Å². The Bertz CT molecular complexity index is 746. The Morgan fingerprint density at radius 1 is 1.19 bits per heavy atom. The van der Waals surface area contributed by atoms with Crippen molar-refractivity contribution in [3.8, 4) is 16.2 Å². The standard InChI is InChI=1S/C20H24N2O2S.ClH/c1-24-16-13-17(15-5-3-2-4-6-15)25-18(16)19(23)22-11-8-20(9-12-22)7-10-21-14-20;/h2-6,13,21H,7-12,14H2,1H3;1H. The minimum Gasteiger partial charge on any atom is -0.495 e. The number of carbonyl (C=O) groups is 1. The molecule has 4 nitrogen and oxygen atoms in total. The van der Waals surface area contributed by atoms with Gasteiger partial charge in [0.15, 0.2) is 0 Å². The van der Waals surface area contributed by atoms with Gasteiger partial charge >= 0.3 is 0 Å². The van der Waals surface area contributed by atoms with Gasteiger partial charge in [-0.05, 0) is 42.9 Å². The molecule has 1 spiro atoms. The summed E-state index contributed by atoms with van der Waals surface area (Å²) in [4.78, 5) is 16.9. The van der Waals surface area contributed by atoms with Crippen molar-refractivity contribution >= 4 is 29.7 Å². The quantitative estimate of drug-likeness (QED) is 0.856. The number of hydrogen-bond acceptors (Lipinski definition) is 4. The molecule has 1 aromatic carbocycles. The number of amides is 1. The number of hydrogen-bond donors (Lipinski definition) is 1. The van der Waals surface area contributed by atoms with E-state index in [0.717, 1.165) is 54.3 Å². The summed E-state index contributed by atoms with van der Waals surface area (Å²) < 4.78 is 5.51. The van der Waals surface area contributed by atoms with E-state index in [1.165, 1.54) is 17.8 Å². The molecule has 140 valence electrons. The third-order valence-corrected chi connectivity index (χ3v) is 6.77. The molecule has 0 saturated carbocycles. The first-order valence-corrected chi connectivity index (χ1v) is 9.76. The Kier molecular flexibility index (Phi) is 5.90. The Morgan fingerprint density at radius 3 is 2.54 bits per heavy atom. The van der Waals surface area contributed by atoms with Gasteiger partial charge in [0.05, 0.1) is 7.11 Å². The zero-order valence-corrected chi connectivity index (χ0v) is 16.6. The normalized spacial score (nSPS) is 18.6. The zero-order chi connectivity index (χ0) is 17.3. The van der Waals surface area contributed by atoms with Gasteiger partial charge in [-0.2, -0.15) is 0 Å². The SMILES string of the molecule is COc1cc(-c2ccccc2)sc1C(=O)N1CCC2(CCNC2)CC1.Cl. The Morgan fingerprint density at radius 2 is 1.92 bits per heavy atom. The zero-order valence-electron chi connectivity index (χ0n) is 15.0. The number of thiophene rings is 1. The molecule has 1 amide bonds. The summed E-state index contributed by atoms with van der Waals surface area (Å²) in [5.74, 6) is 0.807. The van der Waals surface area contributed by atoms with E-state index in [1.807, 2.05) is 29.2 Å². The molecule has 3 heterocycles. The average molecular weight is 393 g/mol. The molecular formula is C20H25ClN2O2S. The summed E-state index contributed by atoms with van der Waals surface area (Å²) in [6, 6.07) is 12.2. The van der Waals surface area contributed by atoms with Gasteiger partial charge in [0.25, 0.3) is 5.91 Å². The minimum atomic E-state index is 0. The number of carbonyl (C=O) groups excluding carboxylic acids is 1. The maximum Gasteiger partial charge on any atom is 0.267 e. The highest BCUT2D eigenvalue weighted by Gasteiger charge is 2.38. The number of nitrogens with zero attached hydrogens (tertiary/aromatic N) is 1. The van der Waals surface area contributed by atoms with Gasteiger partial charge in [-0.25, -0.2) is 0 Å². The van der Waals surface area contributed by atoms with Crippen molar-refractivity contribution in [2.24, 2.45) is 5.41 Å². The number of ether oxygens (including phenoxy) is 1. The van der Waals surface area contributed by atoms with Crippen LogP contribution >= 0.6 is 23.7 Å². The highest BCUT2D eigenvalue weighted by Crippen LogP contribution is 2.40. The van der Waals surface area contributed by atoms with Crippen LogP contribution in [0.25, 0.3) is 10.4 Å². The van der Waals surface area contributed by atoms with Crippen molar-refractivity contribution in [3.05, 3.63) is 41.3 Å². The molecule has 2 saturated heterocycles. The van der Waals surface area contributed by atoms with E-state index in [1.54, 1.807) is 7.11 Å². The Labute approximate surface area is 165 Å². The van der Waals surface area contributed by atoms with Crippen LogP contribution in [0.1, 0.15) is 28.9 Å². The Balaban J connectivity index is 0.00000196. The molecular weight excluding hydrogens is 368 g/mol. The smallest absolute Gasteiger partial charge is 0.267 e. The molecule has 0 bridgehead atoms. The summed E-state index contributed by atoms with van der Waals surface area (Å²) in [6.07, 6.45) is 3.45. The van der Waals surface area contributed by atoms with Crippen LogP contribution in [-0.2, 0) is 0 Å². The molecule has 2 aliphatic heterocycles. The van der Waals surface area contributed by atoms with Gasteiger partial charge in [0.2, 0.25) is 0 Å². The fourth-order valence-electron chi connectivity index (χ4n) is 3.97. The number of halogens is 1. The Hall–Kier alpha value is -1.56. The maximum absolute atomic E-state index is 13.1. The van der Waals surface area contributed by atoms with Gasteiger partial charge in [0.1, 0.15) is 10.6 Å². The van der Waals surface area contributed by atoms with Crippen molar-refractivity contribution in [1.82, 2.24) is 10.2 Å². The number of benzene rings is 1. The molecule has 1 aromatic heterocycles. The van der Waals surface area contributed by atoms with Crippen LogP contribution in [0.2, 0.25) is 0 Å². The van der Waals surface area contributed by atoms with Crippen molar-refractivity contribution in [1.29, 1.82) is 0 Å². The monoisotopic (exact) mass is 392 g/mol. The fraction of sp³-hybridized carbons (Fsp3) is 0.450. The minimum absolute atomic E-state index is 0. The van der Waals surface area contributed by atoms with Crippen molar-refractivity contribution < 1.29 is 9.53 Å². The molecule has 0 aliphatic carbocycles. The molecule has 1 N–H and O–H groups in total. The summed E-state index contributed by atoms with van der Waals surface area (Å²) >= 11 is 1.53. The first-order valence-electron chi connectivity index (χ1n) is 8.94. The molecule has 2 fully saturated rings. The van der Waals surface area contributed by atoms with Crippen LogP contribution in [0.4, 0.5) is 0 Å². The second-order valence-corrected chi connectivity index (χ2v) is 8.15. The summed E-state index contributed by atoms with van der Waals surface area (Å²) in [5.41, 5.74) is 1.55. The molecule has 0 unspecified atom stereocenters. The predicted molar refractivity (Wildman–Crippen MR) is 109 cm³/mol. The number of methoxy groups -OCH3 is 1. The van der Waals surface area contributed by atoms with Crippen LogP contribution in [-0.4, -0.2) is 44.1 Å². The van der Waals surface area contributed by atoms with E-state index in [9.17, 15) is 4.79 Å². The topological polar surface area (TPSA) is 41.6 Å². The predicted octanol–water partition coefficient (Wildman–Crippen LogP) is 4.06. The summed E-state index contributed by atoms with van der Waals surface area (Å²) in [7, 11) is 1.64. The lowest BCUT2D eigenvalue weighted by molar-refractivity contribution is 0.0609. The number of piperidine rings is 1. The van der Waals surface area contributed by atoms with Crippen LogP contribution in [0.3, 0.4) is 0 Å². The van der Waals surface area contributed by atoms with E-state index in [-0.39, 0.29) is 18.3 Å². The molecule has 2 aromatic rings. The third kappa shape index (κ3) is 3.61. The lowest BCUT2D eigenvalue weighted by Crippen LogP contribution is -2.43. The van der Waals surface area contributed by atoms with Crippen molar-refractivity contribution in [2.75, 3.05) is 33.3 Å². The third-order valence-electron chi connectivity index (χ3n) is 5.61. The van der Waals surface area contributed by atoms with Crippen molar-refractivity contribution in [2.45, 2.75) is 19.3 Å². The van der Waals surface area contributed by atoms with E-state index in [0.29, 0.717) is 11.2 Å². The second kappa shape index (κ2) is 7.99. The maximum atomic E-state index is 13.1. The molecule has 0 atom stereocenters. The highest BCUT2D eigenvalue weighted by molar-refractivity contribution is 7.17. The fourth-order valence-corrected chi connectivity index (χ4v) is 5.07. The van der Waals surface area contributed by atoms with Gasteiger partial charge < -0.3 is 15.0 Å². The summed E-state index contributed by atoms with van der Waals surface area (Å²) in [5, 5.41) is 3.48. The van der Waals surface area contributed by atoms with Crippen molar-refractivity contribution in [3.63, 3.8) is 0 Å². The molecule has 4 rings (SSSR count). The molecule has 0 radical (unpaired) electrons. The lowest BCUT2D eigenvalue weighted by Gasteiger charge is -2.38. The number of likely N-dealkylation sites (tertiary alicyclic amines) is 1. The van der Waals surface area contributed by atoms with Crippen LogP contribution in [0, 0.1) is 5.41 Å². The highest BCUT2D eigenvalue weighted by atomic mass is 35.5. The van der Waals surface area contributed by atoms with Crippen LogP contribution < -0.4 is 10.1 Å². The van der Waals surface area contributed by atoms with E-state index in [2.05, 4.69) is 17.4 Å². The van der Waals surface area contributed by atoms with Crippen LogP contribution in [0.5, 0.6) is 5.75 Å². The largest absolute Gasteiger partial charge is 0.495 e. The first kappa shape index (κ1) is 19.2. The number of nitrogens with one attached hydrogen (secondary N) is 1. The van der Waals surface area contributed by atoms with Crippen LogP contribution in [0.15, 0.2) is 36.4 Å². The second-order valence-electron chi connectivity index (χ2n) is 7.09.